The Morgan fingerprint density at radius 3 is 2.77 bits per heavy atom. The Hall–Kier alpha value is -0.610. The molecule has 2 aliphatic heterocycles. The van der Waals surface area contributed by atoms with Gasteiger partial charge in [0.15, 0.2) is 0 Å². The normalized spacial score (nSPS) is 29.2. The summed E-state index contributed by atoms with van der Waals surface area (Å²) < 4.78 is 5.30. The molecule has 0 bridgehead atoms. The van der Waals surface area contributed by atoms with Gasteiger partial charge in [-0.25, -0.2) is 5.06 Å². The maximum atomic E-state index is 11.7. The summed E-state index contributed by atoms with van der Waals surface area (Å²) in [6.45, 7) is 2.10. The number of carbonyl (C=O) groups is 1. The van der Waals surface area contributed by atoms with E-state index >= 15 is 0 Å². The molecular weight excluding hydrogens is 170 g/mol. The lowest BCUT2D eigenvalue weighted by Crippen LogP contribution is -2.41. The lowest BCUT2D eigenvalue weighted by atomic mass is 10.2. The van der Waals surface area contributed by atoms with E-state index in [2.05, 4.69) is 0 Å². The highest BCUT2D eigenvalue weighted by molar-refractivity contribution is 5.80. The molecular formula is C9H15NO3. The number of hydroxylamine groups is 2. The Balaban J connectivity index is 1.87. The molecule has 2 heterocycles. The highest BCUT2D eigenvalue weighted by Crippen LogP contribution is 2.16. The van der Waals surface area contributed by atoms with Crippen LogP contribution in [0.4, 0.5) is 0 Å². The largest absolute Gasteiger partial charge is 0.368 e. The highest BCUT2D eigenvalue weighted by Gasteiger charge is 2.29. The van der Waals surface area contributed by atoms with Crippen LogP contribution in [-0.4, -0.2) is 36.8 Å². The van der Waals surface area contributed by atoms with Gasteiger partial charge in [0.25, 0.3) is 5.91 Å². The van der Waals surface area contributed by atoms with Gasteiger partial charge in [-0.05, 0) is 25.7 Å². The Morgan fingerprint density at radius 1 is 1.23 bits per heavy atom. The van der Waals surface area contributed by atoms with Crippen molar-refractivity contribution < 1.29 is 14.4 Å². The smallest absolute Gasteiger partial charge is 0.275 e. The van der Waals surface area contributed by atoms with Gasteiger partial charge in [0.05, 0.1) is 6.61 Å². The second-order valence-electron chi connectivity index (χ2n) is 3.48. The summed E-state index contributed by atoms with van der Waals surface area (Å²) in [6, 6.07) is 0. The summed E-state index contributed by atoms with van der Waals surface area (Å²) in [5.41, 5.74) is 0. The van der Waals surface area contributed by atoms with Gasteiger partial charge >= 0.3 is 0 Å². The molecule has 4 heteroatoms. The summed E-state index contributed by atoms with van der Waals surface area (Å²) in [5.74, 6) is 0.0113. The van der Waals surface area contributed by atoms with Crippen LogP contribution in [0.15, 0.2) is 0 Å². The topological polar surface area (TPSA) is 38.8 Å². The predicted molar refractivity (Wildman–Crippen MR) is 45.9 cm³/mol. The fourth-order valence-corrected chi connectivity index (χ4v) is 1.70. The minimum Gasteiger partial charge on any atom is -0.368 e. The summed E-state index contributed by atoms with van der Waals surface area (Å²) in [5, 5.41) is 1.47. The zero-order valence-corrected chi connectivity index (χ0v) is 7.70. The van der Waals surface area contributed by atoms with Crippen molar-refractivity contribution in [3.05, 3.63) is 0 Å². The van der Waals surface area contributed by atoms with Crippen LogP contribution in [-0.2, 0) is 14.4 Å². The summed E-state index contributed by atoms with van der Waals surface area (Å²) in [4.78, 5) is 16.9. The van der Waals surface area contributed by atoms with E-state index in [9.17, 15) is 4.79 Å². The minimum atomic E-state index is -0.238. The maximum absolute atomic E-state index is 11.7. The van der Waals surface area contributed by atoms with Gasteiger partial charge in [0.2, 0.25) is 0 Å². The van der Waals surface area contributed by atoms with Gasteiger partial charge in [0, 0.05) is 13.2 Å². The third-order valence-electron chi connectivity index (χ3n) is 2.45. The predicted octanol–water partition coefficient (Wildman–Crippen LogP) is 0.719. The molecule has 1 amide bonds. The van der Waals surface area contributed by atoms with Crippen LogP contribution >= 0.6 is 0 Å². The molecule has 0 radical (unpaired) electrons. The lowest BCUT2D eigenvalue weighted by molar-refractivity contribution is -0.205. The fourth-order valence-electron chi connectivity index (χ4n) is 1.70. The molecule has 4 nitrogen and oxygen atoms in total. The first kappa shape index (κ1) is 8.97. The van der Waals surface area contributed by atoms with Gasteiger partial charge < -0.3 is 4.74 Å². The standard InChI is InChI=1S/C9H15NO3/c11-9(8-4-3-6-12-8)10-5-1-2-7-13-10/h8H,1-7H2. The molecule has 0 aromatic carbocycles. The van der Waals surface area contributed by atoms with Gasteiger partial charge in [-0.3, -0.25) is 9.63 Å². The van der Waals surface area contributed by atoms with E-state index in [0.29, 0.717) is 13.2 Å². The first-order chi connectivity index (χ1) is 6.38. The van der Waals surface area contributed by atoms with E-state index < -0.39 is 0 Å². The third kappa shape index (κ3) is 2.00. The summed E-state index contributed by atoms with van der Waals surface area (Å²) in [6.07, 6.45) is 3.69. The molecule has 0 aromatic rings. The lowest BCUT2D eigenvalue weighted by Gasteiger charge is -2.27. The van der Waals surface area contributed by atoms with Crippen molar-refractivity contribution in [2.45, 2.75) is 31.8 Å². The van der Waals surface area contributed by atoms with E-state index in [1.54, 1.807) is 0 Å². The van der Waals surface area contributed by atoms with E-state index in [1.807, 2.05) is 0 Å². The molecule has 2 aliphatic rings. The molecule has 2 rings (SSSR count). The van der Waals surface area contributed by atoms with E-state index in [0.717, 1.165) is 32.2 Å². The van der Waals surface area contributed by atoms with Crippen LogP contribution in [0.25, 0.3) is 0 Å². The van der Waals surface area contributed by atoms with Crippen molar-refractivity contribution in [1.82, 2.24) is 5.06 Å². The SMILES string of the molecule is O=C(C1CCCO1)N1CCCCO1. The number of amides is 1. The Bertz CT molecular complexity index is 183. The van der Waals surface area contributed by atoms with E-state index in [-0.39, 0.29) is 12.0 Å². The number of carbonyl (C=O) groups excluding carboxylic acids is 1. The van der Waals surface area contributed by atoms with Crippen molar-refractivity contribution in [1.29, 1.82) is 0 Å². The molecule has 0 saturated carbocycles. The zero-order valence-electron chi connectivity index (χ0n) is 7.70. The molecule has 74 valence electrons. The zero-order chi connectivity index (χ0) is 9.10. The van der Waals surface area contributed by atoms with Crippen LogP contribution in [0.2, 0.25) is 0 Å². The van der Waals surface area contributed by atoms with Crippen molar-refractivity contribution in [3.63, 3.8) is 0 Å². The average molecular weight is 185 g/mol. The third-order valence-corrected chi connectivity index (χ3v) is 2.45. The molecule has 0 aromatic heterocycles. The van der Waals surface area contributed by atoms with Crippen LogP contribution in [0.5, 0.6) is 0 Å². The number of hydrogen-bond donors (Lipinski definition) is 0. The fraction of sp³-hybridized carbons (Fsp3) is 0.889. The molecule has 2 fully saturated rings. The molecule has 0 spiro atoms. The van der Waals surface area contributed by atoms with Crippen LogP contribution in [0.1, 0.15) is 25.7 Å². The quantitative estimate of drug-likeness (QED) is 0.604. The molecule has 2 saturated heterocycles. The van der Waals surface area contributed by atoms with Gasteiger partial charge in [-0.15, -0.1) is 0 Å². The highest BCUT2D eigenvalue weighted by atomic mass is 16.7. The Morgan fingerprint density at radius 2 is 2.15 bits per heavy atom. The molecule has 1 atom stereocenters. The Kier molecular flexibility index (Phi) is 2.80. The van der Waals surface area contributed by atoms with E-state index in [1.165, 1.54) is 5.06 Å². The number of hydrogen-bond acceptors (Lipinski definition) is 3. The van der Waals surface area contributed by atoms with Crippen molar-refractivity contribution >= 4 is 5.91 Å². The number of rotatable bonds is 1. The Labute approximate surface area is 77.7 Å². The summed E-state index contributed by atoms with van der Waals surface area (Å²) in [7, 11) is 0. The molecule has 13 heavy (non-hydrogen) atoms. The van der Waals surface area contributed by atoms with Crippen molar-refractivity contribution in [2.75, 3.05) is 19.8 Å². The first-order valence-electron chi connectivity index (χ1n) is 4.94. The molecule has 1 unspecified atom stereocenters. The number of nitrogens with zero attached hydrogens (tertiary/aromatic N) is 1. The second kappa shape index (κ2) is 4.07. The van der Waals surface area contributed by atoms with Crippen molar-refractivity contribution in [2.24, 2.45) is 0 Å². The summed E-state index contributed by atoms with van der Waals surface area (Å²) >= 11 is 0. The van der Waals surface area contributed by atoms with Gasteiger partial charge in [-0.1, -0.05) is 0 Å². The first-order valence-corrected chi connectivity index (χ1v) is 4.94. The molecule has 0 aliphatic carbocycles. The van der Waals surface area contributed by atoms with Crippen molar-refractivity contribution in [3.8, 4) is 0 Å². The monoisotopic (exact) mass is 185 g/mol. The van der Waals surface area contributed by atoms with Gasteiger partial charge in [-0.2, -0.15) is 0 Å². The number of ether oxygens (including phenoxy) is 1. The minimum absolute atomic E-state index is 0.0113. The van der Waals surface area contributed by atoms with E-state index in [4.69, 9.17) is 9.57 Å². The maximum Gasteiger partial charge on any atom is 0.275 e. The second-order valence-corrected chi connectivity index (χ2v) is 3.48. The average Bonchev–Trinajstić information content (AvgIpc) is 2.71. The van der Waals surface area contributed by atoms with Gasteiger partial charge in [0.1, 0.15) is 6.10 Å². The van der Waals surface area contributed by atoms with Crippen LogP contribution in [0.3, 0.4) is 0 Å². The van der Waals surface area contributed by atoms with Crippen LogP contribution < -0.4 is 0 Å². The van der Waals surface area contributed by atoms with Crippen LogP contribution in [0, 0.1) is 0 Å². The molecule has 0 N–H and O–H groups in total.